The van der Waals surface area contributed by atoms with E-state index in [2.05, 4.69) is 4.98 Å². The monoisotopic (exact) mass is 360 g/mol. The first-order valence-corrected chi connectivity index (χ1v) is 8.25. The summed E-state index contributed by atoms with van der Waals surface area (Å²) in [5, 5.41) is 20.4. The number of non-ortho nitro benzene ring substituents is 1. The average Bonchev–Trinajstić information content (AvgIpc) is 3.12. The molecule has 0 N–H and O–H groups in total. The van der Waals surface area contributed by atoms with Crippen molar-refractivity contribution in [2.75, 3.05) is 0 Å². The van der Waals surface area contributed by atoms with Crippen LogP contribution in [0.3, 0.4) is 0 Å². The first kappa shape index (κ1) is 18.0. The van der Waals surface area contributed by atoms with E-state index in [0.29, 0.717) is 11.4 Å². The van der Waals surface area contributed by atoms with Crippen molar-refractivity contribution in [2.24, 2.45) is 7.05 Å². The number of rotatable bonds is 6. The van der Waals surface area contributed by atoms with Crippen molar-refractivity contribution in [1.82, 2.24) is 9.55 Å². The van der Waals surface area contributed by atoms with Crippen LogP contribution in [-0.4, -0.2) is 20.3 Å². The van der Waals surface area contributed by atoms with Gasteiger partial charge in [0, 0.05) is 31.6 Å². The maximum Gasteiger partial charge on any atom is 0.270 e. The third-order valence-electron chi connectivity index (χ3n) is 4.41. The van der Waals surface area contributed by atoms with E-state index in [0.717, 1.165) is 5.56 Å². The smallest absolute Gasteiger partial charge is 0.270 e. The topological polar surface area (TPSA) is 102 Å². The Labute approximate surface area is 155 Å². The Kier molecular flexibility index (Phi) is 5.08. The SMILES string of the molecule is Cn1ccnc1C(=O)[C@H](Cc1ccc([N+](=O)[O-])cc1C#N)c1ccccc1. The lowest BCUT2D eigenvalue weighted by molar-refractivity contribution is -0.384. The number of nitrogens with zero attached hydrogens (tertiary/aromatic N) is 4. The molecule has 7 heteroatoms. The first-order valence-electron chi connectivity index (χ1n) is 8.25. The van der Waals surface area contributed by atoms with Crippen LogP contribution >= 0.6 is 0 Å². The molecule has 27 heavy (non-hydrogen) atoms. The Balaban J connectivity index is 2.03. The first-order chi connectivity index (χ1) is 13.0. The van der Waals surface area contributed by atoms with E-state index in [1.165, 1.54) is 12.1 Å². The van der Waals surface area contributed by atoms with E-state index in [-0.39, 0.29) is 23.5 Å². The number of carbonyl (C=O) groups excluding carboxylic acids is 1. The lowest BCUT2D eigenvalue weighted by Crippen LogP contribution is -2.19. The number of aromatic nitrogens is 2. The molecule has 0 saturated carbocycles. The summed E-state index contributed by atoms with van der Waals surface area (Å²) in [7, 11) is 1.74. The van der Waals surface area contributed by atoms with Crippen LogP contribution in [0, 0.1) is 21.4 Å². The highest BCUT2D eigenvalue weighted by molar-refractivity contribution is 5.98. The fraction of sp³-hybridized carbons (Fsp3) is 0.150. The second kappa shape index (κ2) is 7.62. The molecular weight excluding hydrogens is 344 g/mol. The number of hydrogen-bond acceptors (Lipinski definition) is 5. The predicted molar refractivity (Wildman–Crippen MR) is 98.2 cm³/mol. The van der Waals surface area contributed by atoms with E-state index >= 15 is 0 Å². The van der Waals surface area contributed by atoms with Gasteiger partial charge < -0.3 is 4.57 Å². The number of nitro groups is 1. The number of imidazole rings is 1. The van der Waals surface area contributed by atoms with Gasteiger partial charge in [0.2, 0.25) is 5.78 Å². The van der Waals surface area contributed by atoms with Crippen molar-refractivity contribution >= 4 is 11.5 Å². The highest BCUT2D eigenvalue weighted by atomic mass is 16.6. The van der Waals surface area contributed by atoms with E-state index in [1.807, 2.05) is 36.4 Å². The summed E-state index contributed by atoms with van der Waals surface area (Å²) in [4.78, 5) is 27.7. The van der Waals surface area contributed by atoms with Crippen LogP contribution in [0.15, 0.2) is 60.9 Å². The average molecular weight is 360 g/mol. The zero-order chi connectivity index (χ0) is 19.4. The van der Waals surface area contributed by atoms with Crippen LogP contribution in [-0.2, 0) is 13.5 Å². The second-order valence-corrected chi connectivity index (χ2v) is 6.10. The fourth-order valence-electron chi connectivity index (χ4n) is 2.99. The molecule has 0 radical (unpaired) electrons. The normalized spacial score (nSPS) is 11.6. The van der Waals surface area contributed by atoms with Crippen molar-refractivity contribution in [3.63, 3.8) is 0 Å². The summed E-state index contributed by atoms with van der Waals surface area (Å²) in [6.07, 6.45) is 3.50. The molecule has 0 amide bonds. The summed E-state index contributed by atoms with van der Waals surface area (Å²) >= 11 is 0. The van der Waals surface area contributed by atoms with Gasteiger partial charge in [-0.05, 0) is 17.5 Å². The summed E-state index contributed by atoms with van der Waals surface area (Å²) in [5.41, 5.74) is 1.42. The maximum absolute atomic E-state index is 13.1. The van der Waals surface area contributed by atoms with Gasteiger partial charge in [0.05, 0.1) is 22.5 Å². The molecule has 1 heterocycles. The van der Waals surface area contributed by atoms with Crippen LogP contribution in [0.25, 0.3) is 0 Å². The molecule has 3 aromatic rings. The van der Waals surface area contributed by atoms with Gasteiger partial charge in [-0.3, -0.25) is 14.9 Å². The highest BCUT2D eigenvalue weighted by Crippen LogP contribution is 2.27. The van der Waals surface area contributed by atoms with E-state index < -0.39 is 10.8 Å². The van der Waals surface area contributed by atoms with E-state index in [4.69, 9.17) is 0 Å². The molecule has 0 aliphatic rings. The molecule has 0 bridgehead atoms. The minimum atomic E-state index is -0.555. The van der Waals surface area contributed by atoms with Gasteiger partial charge in [0.15, 0.2) is 5.82 Å². The molecule has 3 rings (SSSR count). The number of nitriles is 1. The molecule has 0 saturated heterocycles. The highest BCUT2D eigenvalue weighted by Gasteiger charge is 2.26. The predicted octanol–water partition coefficient (Wildman–Crippen LogP) is 3.41. The molecular formula is C20H16N4O3. The van der Waals surface area contributed by atoms with Crippen molar-refractivity contribution in [3.8, 4) is 6.07 Å². The Bertz CT molecular complexity index is 1030. The van der Waals surface area contributed by atoms with Crippen molar-refractivity contribution in [2.45, 2.75) is 12.3 Å². The molecule has 0 unspecified atom stereocenters. The minimum absolute atomic E-state index is 0.151. The number of aryl methyl sites for hydroxylation is 1. The minimum Gasteiger partial charge on any atom is -0.332 e. The van der Waals surface area contributed by atoms with Crippen molar-refractivity contribution in [1.29, 1.82) is 5.26 Å². The van der Waals surface area contributed by atoms with E-state index in [1.54, 1.807) is 30.1 Å². The van der Waals surface area contributed by atoms with Gasteiger partial charge in [-0.2, -0.15) is 5.26 Å². The van der Waals surface area contributed by atoms with Gasteiger partial charge in [-0.25, -0.2) is 4.98 Å². The van der Waals surface area contributed by atoms with Crippen LogP contribution in [0.5, 0.6) is 0 Å². The quantitative estimate of drug-likeness (QED) is 0.381. The van der Waals surface area contributed by atoms with Crippen LogP contribution in [0.2, 0.25) is 0 Å². The fourth-order valence-corrected chi connectivity index (χ4v) is 2.99. The molecule has 0 fully saturated rings. The Hall–Kier alpha value is -3.79. The van der Waals surface area contributed by atoms with E-state index in [9.17, 15) is 20.2 Å². The summed E-state index contributed by atoms with van der Waals surface area (Å²) in [6.45, 7) is 0. The largest absolute Gasteiger partial charge is 0.332 e. The van der Waals surface area contributed by atoms with Gasteiger partial charge in [-0.1, -0.05) is 36.4 Å². The molecule has 2 aromatic carbocycles. The number of nitro benzene ring substituents is 1. The third kappa shape index (κ3) is 3.75. The zero-order valence-corrected chi connectivity index (χ0v) is 14.6. The van der Waals surface area contributed by atoms with Crippen LogP contribution < -0.4 is 0 Å². The maximum atomic E-state index is 13.1. The molecule has 134 valence electrons. The number of ketones is 1. The van der Waals surface area contributed by atoms with Gasteiger partial charge >= 0.3 is 0 Å². The number of hydrogen-bond donors (Lipinski definition) is 0. The van der Waals surface area contributed by atoms with Crippen molar-refractivity contribution in [3.05, 3.63) is 93.6 Å². The molecule has 7 nitrogen and oxygen atoms in total. The zero-order valence-electron chi connectivity index (χ0n) is 14.6. The lowest BCUT2D eigenvalue weighted by Gasteiger charge is -2.17. The Morgan fingerprint density at radius 3 is 2.63 bits per heavy atom. The third-order valence-corrected chi connectivity index (χ3v) is 4.41. The summed E-state index contributed by atoms with van der Waals surface area (Å²) < 4.78 is 1.65. The van der Waals surface area contributed by atoms with Crippen LogP contribution in [0.4, 0.5) is 5.69 Å². The number of Topliss-reactive ketones (excluding diaryl/α,β-unsaturated/α-hetero) is 1. The molecule has 1 aromatic heterocycles. The van der Waals surface area contributed by atoms with Gasteiger partial charge in [0.25, 0.3) is 5.69 Å². The van der Waals surface area contributed by atoms with Gasteiger partial charge in [0.1, 0.15) is 0 Å². The number of benzene rings is 2. The standard InChI is InChI=1S/C20H16N4O3/c1-23-10-9-22-20(23)19(25)18(14-5-3-2-4-6-14)12-15-7-8-17(24(26)27)11-16(15)13-21/h2-11,18H,12H2,1H3/t18-/m1/s1. The molecule has 0 aliphatic heterocycles. The number of carbonyl (C=O) groups is 1. The molecule has 0 spiro atoms. The Morgan fingerprint density at radius 2 is 2.04 bits per heavy atom. The lowest BCUT2D eigenvalue weighted by atomic mass is 9.86. The van der Waals surface area contributed by atoms with Gasteiger partial charge in [-0.15, -0.1) is 0 Å². The van der Waals surface area contributed by atoms with Crippen LogP contribution in [0.1, 0.15) is 33.2 Å². The summed E-state index contributed by atoms with van der Waals surface area (Å²) in [5.74, 6) is -0.402. The second-order valence-electron chi connectivity index (χ2n) is 6.10. The van der Waals surface area contributed by atoms with Crippen molar-refractivity contribution < 1.29 is 9.72 Å². The summed E-state index contributed by atoms with van der Waals surface area (Å²) in [6, 6.07) is 15.4. The molecule has 0 aliphatic carbocycles. The Morgan fingerprint density at radius 1 is 1.30 bits per heavy atom. The molecule has 1 atom stereocenters.